The Bertz CT molecular complexity index is 2270. The number of methoxy groups -OCH3 is 1. The molecule has 1 aliphatic heterocycles. The Morgan fingerprint density at radius 3 is 2.31 bits per heavy atom. The van der Waals surface area contributed by atoms with Gasteiger partial charge in [0.05, 0.1) is 54.1 Å². The van der Waals surface area contributed by atoms with Crippen molar-refractivity contribution in [2.75, 3.05) is 20.2 Å². The van der Waals surface area contributed by atoms with Gasteiger partial charge in [-0.15, -0.1) is 0 Å². The number of nitrogens with zero attached hydrogens (tertiary/aromatic N) is 4. The van der Waals surface area contributed by atoms with Crippen LogP contribution in [0.4, 0.5) is 13.6 Å². The zero-order chi connectivity index (χ0) is 38.5. The highest BCUT2D eigenvalue weighted by Gasteiger charge is 2.45. The number of carbonyl (C=O) groups excluding carboxylic acids is 2. The van der Waals surface area contributed by atoms with Crippen LogP contribution >= 0.6 is 0 Å². The SMILES string of the molecule is CCN[C@H](c1nc2ccc(-c3ccc4c(c3)C(F)(F)c3cc(-c5cnc([C@@H]6C[C@H](C#N)CN6C(=O)[C@@H](NC(=O)OC)C(C)C)[nH]5)ccc3-4)cc2[nH]1)C(C)C. The maximum atomic E-state index is 16.4. The summed E-state index contributed by atoms with van der Waals surface area (Å²) in [5, 5.41) is 15.8. The van der Waals surface area contributed by atoms with E-state index < -0.39 is 30.0 Å². The van der Waals surface area contributed by atoms with Gasteiger partial charge in [0.15, 0.2) is 0 Å². The van der Waals surface area contributed by atoms with Crippen LogP contribution in [0.2, 0.25) is 0 Å². The Balaban J connectivity index is 1.15. The Kier molecular flexibility index (Phi) is 9.74. The fraction of sp³-hybridized carbons (Fsp3) is 0.390. The summed E-state index contributed by atoms with van der Waals surface area (Å²) in [6.45, 7) is 10.9. The summed E-state index contributed by atoms with van der Waals surface area (Å²) in [5.41, 5.74) is 4.94. The van der Waals surface area contributed by atoms with Gasteiger partial charge in [-0.25, -0.2) is 14.8 Å². The van der Waals surface area contributed by atoms with Crippen LogP contribution in [0.25, 0.3) is 44.5 Å². The third-order valence-electron chi connectivity index (χ3n) is 10.6. The first-order chi connectivity index (χ1) is 25.8. The fourth-order valence-corrected chi connectivity index (χ4v) is 7.76. The lowest BCUT2D eigenvalue weighted by atomic mass is 9.98. The number of amides is 2. The highest BCUT2D eigenvalue weighted by molar-refractivity contribution is 5.88. The number of ether oxygens (including phenoxy) is 1. The maximum absolute atomic E-state index is 16.4. The quantitative estimate of drug-likeness (QED) is 0.114. The average Bonchev–Trinajstić information content (AvgIpc) is 3.96. The van der Waals surface area contributed by atoms with Gasteiger partial charge >= 0.3 is 6.09 Å². The molecule has 0 bridgehead atoms. The molecule has 0 saturated carbocycles. The van der Waals surface area contributed by atoms with E-state index in [2.05, 4.69) is 52.4 Å². The molecule has 54 heavy (non-hydrogen) atoms. The third-order valence-corrected chi connectivity index (χ3v) is 10.6. The highest BCUT2D eigenvalue weighted by atomic mass is 19.3. The van der Waals surface area contributed by atoms with E-state index in [-0.39, 0.29) is 35.5 Å². The van der Waals surface area contributed by atoms with Gasteiger partial charge in [0.2, 0.25) is 5.91 Å². The molecule has 3 heterocycles. The van der Waals surface area contributed by atoms with Crippen LogP contribution in [-0.4, -0.2) is 63.1 Å². The number of alkyl carbamates (subject to hydrolysis) is 1. The van der Waals surface area contributed by atoms with E-state index in [9.17, 15) is 14.9 Å². The van der Waals surface area contributed by atoms with E-state index >= 15 is 8.78 Å². The largest absolute Gasteiger partial charge is 0.453 e. The van der Waals surface area contributed by atoms with Crippen molar-refractivity contribution in [2.24, 2.45) is 17.8 Å². The monoisotopic (exact) mass is 734 g/mol. The summed E-state index contributed by atoms with van der Waals surface area (Å²) in [6.07, 6.45) is 1.16. The number of imidazole rings is 2. The van der Waals surface area contributed by atoms with Gasteiger partial charge in [-0.1, -0.05) is 65.0 Å². The number of nitriles is 1. The number of hydrogen-bond donors (Lipinski definition) is 4. The van der Waals surface area contributed by atoms with Crippen molar-refractivity contribution in [3.05, 3.63) is 83.6 Å². The number of aromatic amines is 2. The number of fused-ring (bicyclic) bond motifs is 4. The number of rotatable bonds is 10. The van der Waals surface area contributed by atoms with E-state index in [0.717, 1.165) is 29.0 Å². The van der Waals surface area contributed by atoms with Crippen molar-refractivity contribution in [1.29, 1.82) is 5.26 Å². The number of aromatic nitrogens is 4. The van der Waals surface area contributed by atoms with E-state index in [0.29, 0.717) is 46.1 Å². The van der Waals surface area contributed by atoms with Crippen LogP contribution in [0.3, 0.4) is 0 Å². The van der Waals surface area contributed by atoms with Gasteiger partial charge in [0.1, 0.15) is 17.7 Å². The van der Waals surface area contributed by atoms with E-state index in [1.54, 1.807) is 35.4 Å². The summed E-state index contributed by atoms with van der Waals surface area (Å²) in [4.78, 5) is 43.3. The molecule has 13 heteroatoms. The van der Waals surface area contributed by atoms with Gasteiger partial charge in [-0.2, -0.15) is 14.0 Å². The van der Waals surface area contributed by atoms with Crippen molar-refractivity contribution in [3.8, 4) is 39.6 Å². The van der Waals surface area contributed by atoms with Gasteiger partial charge in [0.25, 0.3) is 5.92 Å². The van der Waals surface area contributed by atoms with Crippen LogP contribution in [0.5, 0.6) is 0 Å². The molecule has 11 nitrogen and oxygen atoms in total. The molecule has 2 aliphatic rings. The molecular formula is C41H44F2N8O3. The predicted octanol–water partition coefficient (Wildman–Crippen LogP) is 7.84. The molecular weight excluding hydrogens is 690 g/mol. The second kappa shape index (κ2) is 14.3. The van der Waals surface area contributed by atoms with Crippen molar-refractivity contribution in [1.82, 2.24) is 35.5 Å². The van der Waals surface area contributed by atoms with Gasteiger partial charge in [-0.3, -0.25) is 4.79 Å². The van der Waals surface area contributed by atoms with Crippen LogP contribution in [-0.2, 0) is 15.5 Å². The van der Waals surface area contributed by atoms with Crippen molar-refractivity contribution in [2.45, 2.75) is 65.1 Å². The molecule has 1 fully saturated rings. The third kappa shape index (κ3) is 6.49. The standard InChI is InChI=1S/C41H44F2N8O3/c1-7-45-35(21(2)3)38-47-31-13-10-25(17-32(31)48-38)24-8-11-27-28-12-9-26(16-30(28)41(42,43)29(27)15-24)33-19-46-37(49-33)34-14-23(18-44)20-51(34)39(52)36(22(4)5)50-40(53)54-6/h8-13,15-17,19,21-23,34-36,45H,7,14,20H2,1-6H3,(H,46,49)(H,47,48)(H,50,53)/t23-,34+,35+,36+/m1/s1. The summed E-state index contributed by atoms with van der Waals surface area (Å²) < 4.78 is 37.5. The number of nitrogens with one attached hydrogen (secondary N) is 4. The highest BCUT2D eigenvalue weighted by Crippen LogP contribution is 2.53. The van der Waals surface area contributed by atoms with Crippen LogP contribution in [0.15, 0.2) is 60.8 Å². The lowest BCUT2D eigenvalue weighted by Gasteiger charge is -2.29. The lowest BCUT2D eigenvalue weighted by molar-refractivity contribution is -0.135. The minimum Gasteiger partial charge on any atom is -0.453 e. The number of carbonyl (C=O) groups is 2. The van der Waals surface area contributed by atoms with E-state index in [1.807, 2.05) is 38.1 Å². The van der Waals surface area contributed by atoms with Gasteiger partial charge < -0.3 is 30.2 Å². The first kappa shape index (κ1) is 36.7. The molecule has 1 saturated heterocycles. The van der Waals surface area contributed by atoms with Crippen molar-refractivity contribution < 1.29 is 23.1 Å². The Hall–Kier alpha value is -5.61. The second-order valence-electron chi connectivity index (χ2n) is 14.8. The van der Waals surface area contributed by atoms with Gasteiger partial charge in [-0.05, 0) is 71.3 Å². The molecule has 280 valence electrons. The molecule has 2 amide bonds. The first-order valence-corrected chi connectivity index (χ1v) is 18.3. The van der Waals surface area contributed by atoms with E-state index in [4.69, 9.17) is 9.72 Å². The predicted molar refractivity (Wildman–Crippen MR) is 201 cm³/mol. The number of benzene rings is 3. The van der Waals surface area contributed by atoms with Gasteiger partial charge in [0, 0.05) is 23.2 Å². The maximum Gasteiger partial charge on any atom is 0.407 e. The molecule has 3 aromatic carbocycles. The number of halogens is 2. The average molecular weight is 735 g/mol. The Morgan fingerprint density at radius 2 is 1.67 bits per heavy atom. The summed E-state index contributed by atoms with van der Waals surface area (Å²) in [6, 6.07) is 16.9. The van der Waals surface area contributed by atoms with E-state index in [1.165, 1.54) is 13.2 Å². The first-order valence-electron chi connectivity index (χ1n) is 18.3. The van der Waals surface area contributed by atoms with Crippen LogP contribution in [0.1, 0.15) is 75.9 Å². The summed E-state index contributed by atoms with van der Waals surface area (Å²) in [5.74, 6) is -2.70. The molecule has 0 unspecified atom stereocenters. The molecule has 5 aromatic rings. The van der Waals surface area contributed by atoms with Crippen LogP contribution in [0, 0.1) is 29.1 Å². The molecule has 0 spiro atoms. The smallest absolute Gasteiger partial charge is 0.407 e. The lowest BCUT2D eigenvalue weighted by Crippen LogP contribution is -2.51. The Morgan fingerprint density at radius 1 is 1.00 bits per heavy atom. The molecule has 0 radical (unpaired) electrons. The molecule has 1 aliphatic carbocycles. The summed E-state index contributed by atoms with van der Waals surface area (Å²) >= 11 is 0. The number of likely N-dealkylation sites (tertiary alicyclic amines) is 1. The molecule has 4 atom stereocenters. The second-order valence-corrected chi connectivity index (χ2v) is 14.8. The zero-order valence-electron chi connectivity index (χ0n) is 31.1. The van der Waals surface area contributed by atoms with Crippen molar-refractivity contribution in [3.63, 3.8) is 0 Å². The zero-order valence-corrected chi connectivity index (χ0v) is 31.1. The number of hydrogen-bond acceptors (Lipinski definition) is 7. The number of alkyl halides is 2. The molecule has 2 aromatic heterocycles. The fourth-order valence-electron chi connectivity index (χ4n) is 7.76. The van der Waals surface area contributed by atoms with Crippen molar-refractivity contribution >= 4 is 23.0 Å². The minimum absolute atomic E-state index is 0.0576. The van der Waals surface area contributed by atoms with Crippen LogP contribution < -0.4 is 10.6 Å². The normalized spacial score (nSPS) is 18.4. The minimum atomic E-state index is -3.26. The number of H-pyrrole nitrogens is 2. The molecule has 4 N–H and O–H groups in total. The Labute approximate surface area is 312 Å². The topological polar surface area (TPSA) is 152 Å². The summed E-state index contributed by atoms with van der Waals surface area (Å²) in [7, 11) is 1.22. The molecule has 7 rings (SSSR count).